The van der Waals surface area contributed by atoms with Crippen molar-refractivity contribution in [2.24, 2.45) is 5.41 Å². The fraction of sp³-hybridized carbons (Fsp3) is 0.438. The van der Waals surface area contributed by atoms with Gasteiger partial charge in [0.15, 0.2) is 0 Å². The summed E-state index contributed by atoms with van der Waals surface area (Å²) < 4.78 is 4.71. The number of likely N-dealkylation sites (tertiary alicyclic amines) is 1. The molecule has 0 aromatic heterocycles. The largest absolute Gasteiger partial charge is 0.429 e. The predicted molar refractivity (Wildman–Crippen MR) is 76.6 cm³/mol. The Morgan fingerprint density at radius 2 is 1.71 bits per heavy atom. The lowest BCUT2D eigenvalue weighted by molar-refractivity contribution is -0.152. The van der Waals surface area contributed by atoms with E-state index in [0.29, 0.717) is 38.0 Å². The lowest BCUT2D eigenvalue weighted by atomic mass is 9.81. The summed E-state index contributed by atoms with van der Waals surface area (Å²) in [4.78, 5) is 35.6. The van der Waals surface area contributed by atoms with Gasteiger partial charge in [0.05, 0.1) is 0 Å². The summed E-state index contributed by atoms with van der Waals surface area (Å²) in [5.74, 6) is 0.273. The Kier molecular flexibility index (Phi) is 4.40. The fourth-order valence-electron chi connectivity index (χ4n) is 2.49. The van der Waals surface area contributed by atoms with Crippen molar-refractivity contribution in [2.45, 2.75) is 33.1 Å². The van der Waals surface area contributed by atoms with Gasteiger partial charge in [-0.05, 0) is 29.5 Å². The first-order chi connectivity index (χ1) is 9.91. The van der Waals surface area contributed by atoms with E-state index in [1.165, 1.54) is 4.90 Å². The minimum atomic E-state index is -0.238. The van der Waals surface area contributed by atoms with Crippen LogP contribution in [0.25, 0.3) is 0 Å². The van der Waals surface area contributed by atoms with E-state index in [1.54, 1.807) is 12.1 Å². The molecule has 2 amide bonds. The number of nitrogens with zero attached hydrogens (tertiary/aromatic N) is 1. The zero-order valence-electron chi connectivity index (χ0n) is 12.3. The van der Waals surface area contributed by atoms with Gasteiger partial charge in [-0.2, -0.15) is 0 Å². The molecule has 1 aromatic rings. The molecule has 0 saturated carbocycles. The Morgan fingerprint density at radius 1 is 1.14 bits per heavy atom. The normalized spacial score (nSPS) is 17.7. The van der Waals surface area contributed by atoms with Crippen LogP contribution in [0.3, 0.4) is 0 Å². The molecular formula is C16H19NO4. The second-order valence-corrected chi connectivity index (χ2v) is 6.06. The van der Waals surface area contributed by atoms with Crippen LogP contribution in [-0.2, 0) is 20.8 Å². The third-order valence-corrected chi connectivity index (χ3v) is 3.59. The highest BCUT2D eigenvalue weighted by Crippen LogP contribution is 2.31. The Hall–Kier alpha value is -2.17. The first-order valence-electron chi connectivity index (χ1n) is 6.94. The number of rotatable bonds is 5. The van der Waals surface area contributed by atoms with E-state index in [4.69, 9.17) is 4.74 Å². The van der Waals surface area contributed by atoms with E-state index >= 15 is 0 Å². The molecule has 1 aromatic carbocycles. The summed E-state index contributed by atoms with van der Waals surface area (Å²) >= 11 is 0. The SMILES string of the molecule is CC1(C)CC(=O)N(CCc2ccc(OC=O)cc2)C(=O)C1. The first kappa shape index (κ1) is 15.2. The molecule has 5 heteroatoms. The van der Waals surface area contributed by atoms with Crippen molar-refractivity contribution in [1.29, 1.82) is 0 Å². The third-order valence-electron chi connectivity index (χ3n) is 3.59. The van der Waals surface area contributed by atoms with Gasteiger partial charge in [0.1, 0.15) is 5.75 Å². The van der Waals surface area contributed by atoms with E-state index in [1.807, 2.05) is 26.0 Å². The molecule has 0 atom stereocenters. The third kappa shape index (κ3) is 3.90. The van der Waals surface area contributed by atoms with Crippen molar-refractivity contribution >= 4 is 18.3 Å². The number of carbonyl (C=O) groups excluding carboxylic acids is 3. The summed E-state index contributed by atoms with van der Waals surface area (Å²) in [5.41, 5.74) is 0.747. The average molecular weight is 289 g/mol. The van der Waals surface area contributed by atoms with Crippen molar-refractivity contribution in [3.63, 3.8) is 0 Å². The minimum absolute atomic E-state index is 0.0999. The van der Waals surface area contributed by atoms with Crippen LogP contribution < -0.4 is 4.74 Å². The lowest BCUT2D eigenvalue weighted by Gasteiger charge is -2.34. The van der Waals surface area contributed by atoms with Gasteiger partial charge in [-0.15, -0.1) is 0 Å². The fourth-order valence-corrected chi connectivity index (χ4v) is 2.49. The maximum Gasteiger partial charge on any atom is 0.298 e. The van der Waals surface area contributed by atoms with E-state index < -0.39 is 0 Å². The number of hydrogen-bond acceptors (Lipinski definition) is 4. The number of imide groups is 1. The molecule has 1 heterocycles. The summed E-state index contributed by atoms with van der Waals surface area (Å²) in [5, 5.41) is 0. The Labute approximate surface area is 123 Å². The zero-order valence-corrected chi connectivity index (χ0v) is 12.3. The number of carbonyl (C=O) groups is 3. The minimum Gasteiger partial charge on any atom is -0.429 e. The first-order valence-corrected chi connectivity index (χ1v) is 6.94. The highest BCUT2D eigenvalue weighted by atomic mass is 16.5. The summed E-state index contributed by atoms with van der Waals surface area (Å²) in [6.07, 6.45) is 1.41. The van der Waals surface area contributed by atoms with Crippen LogP contribution in [0.15, 0.2) is 24.3 Å². The predicted octanol–water partition coefficient (Wildman–Crippen LogP) is 1.94. The maximum absolute atomic E-state index is 12.0. The Morgan fingerprint density at radius 3 is 2.24 bits per heavy atom. The van der Waals surface area contributed by atoms with Crippen LogP contribution >= 0.6 is 0 Å². The van der Waals surface area contributed by atoms with Gasteiger partial charge >= 0.3 is 0 Å². The highest BCUT2D eigenvalue weighted by Gasteiger charge is 2.36. The van der Waals surface area contributed by atoms with Crippen LogP contribution in [0.2, 0.25) is 0 Å². The van der Waals surface area contributed by atoms with Crippen LogP contribution in [-0.4, -0.2) is 29.7 Å². The van der Waals surface area contributed by atoms with E-state index in [0.717, 1.165) is 5.56 Å². The second-order valence-electron chi connectivity index (χ2n) is 6.06. The summed E-state index contributed by atoms with van der Waals surface area (Å²) in [6.45, 7) is 4.64. The summed E-state index contributed by atoms with van der Waals surface area (Å²) in [6, 6.07) is 7.02. The molecule has 1 saturated heterocycles. The van der Waals surface area contributed by atoms with Gasteiger partial charge in [-0.3, -0.25) is 19.3 Å². The van der Waals surface area contributed by atoms with Crippen molar-refractivity contribution < 1.29 is 19.1 Å². The van der Waals surface area contributed by atoms with Crippen LogP contribution in [0.4, 0.5) is 0 Å². The molecule has 21 heavy (non-hydrogen) atoms. The smallest absolute Gasteiger partial charge is 0.298 e. The van der Waals surface area contributed by atoms with E-state index in [9.17, 15) is 14.4 Å². The molecule has 112 valence electrons. The Balaban J connectivity index is 1.94. The molecule has 1 aliphatic rings. The maximum atomic E-state index is 12.0. The molecule has 5 nitrogen and oxygen atoms in total. The van der Waals surface area contributed by atoms with Gasteiger partial charge in [0.2, 0.25) is 11.8 Å². The molecule has 2 rings (SSSR count). The van der Waals surface area contributed by atoms with Gasteiger partial charge in [-0.25, -0.2) is 0 Å². The van der Waals surface area contributed by atoms with Gasteiger partial charge in [-0.1, -0.05) is 26.0 Å². The standard InChI is InChI=1S/C16H19NO4/c1-16(2)9-14(19)17(15(20)10-16)8-7-12-3-5-13(6-4-12)21-11-18/h3-6,11H,7-10H2,1-2H3. The monoisotopic (exact) mass is 289 g/mol. The quantitative estimate of drug-likeness (QED) is 0.614. The molecule has 0 unspecified atom stereocenters. The van der Waals surface area contributed by atoms with Crippen molar-refractivity contribution in [2.75, 3.05) is 6.54 Å². The summed E-state index contributed by atoms with van der Waals surface area (Å²) in [7, 11) is 0. The molecule has 0 aliphatic carbocycles. The second kappa shape index (κ2) is 6.08. The molecule has 0 N–H and O–H groups in total. The number of amides is 2. The molecule has 1 fully saturated rings. The van der Waals surface area contributed by atoms with Crippen LogP contribution in [0, 0.1) is 5.41 Å². The average Bonchev–Trinajstić information content (AvgIpc) is 2.38. The zero-order chi connectivity index (χ0) is 15.5. The van der Waals surface area contributed by atoms with Gasteiger partial charge in [0.25, 0.3) is 6.47 Å². The van der Waals surface area contributed by atoms with Crippen molar-refractivity contribution in [3.8, 4) is 5.75 Å². The number of benzene rings is 1. The number of ether oxygens (including phenoxy) is 1. The number of piperidine rings is 1. The van der Waals surface area contributed by atoms with Crippen LogP contribution in [0.1, 0.15) is 32.3 Å². The molecule has 1 aliphatic heterocycles. The molecule has 0 bridgehead atoms. The molecule has 0 radical (unpaired) electrons. The van der Waals surface area contributed by atoms with Gasteiger partial charge < -0.3 is 4.74 Å². The van der Waals surface area contributed by atoms with E-state index in [-0.39, 0.29) is 17.2 Å². The van der Waals surface area contributed by atoms with Gasteiger partial charge in [0, 0.05) is 19.4 Å². The van der Waals surface area contributed by atoms with E-state index in [2.05, 4.69) is 0 Å². The van der Waals surface area contributed by atoms with Crippen LogP contribution in [0.5, 0.6) is 5.75 Å². The topological polar surface area (TPSA) is 63.7 Å². The molecule has 0 spiro atoms. The van der Waals surface area contributed by atoms with Crippen molar-refractivity contribution in [3.05, 3.63) is 29.8 Å². The highest BCUT2D eigenvalue weighted by molar-refractivity contribution is 5.98. The molecular weight excluding hydrogens is 270 g/mol. The van der Waals surface area contributed by atoms with Crippen molar-refractivity contribution in [1.82, 2.24) is 4.90 Å². The number of hydrogen-bond donors (Lipinski definition) is 0. The Bertz CT molecular complexity index is 528. The lowest BCUT2D eigenvalue weighted by Crippen LogP contribution is -2.46.